The van der Waals surface area contributed by atoms with Gasteiger partial charge in [-0.15, -0.1) is 0 Å². The fourth-order valence-electron chi connectivity index (χ4n) is 1.79. The average Bonchev–Trinajstić information content (AvgIpc) is 2.84. The maximum absolute atomic E-state index is 10.9. The minimum absolute atomic E-state index is 0.0394. The number of hydrogen-bond acceptors (Lipinski definition) is 6. The molecule has 0 atom stereocenters. The van der Waals surface area contributed by atoms with Crippen LogP contribution in [0.1, 0.15) is 31.1 Å². The first-order valence-corrected chi connectivity index (χ1v) is 6.17. The maximum Gasteiger partial charge on any atom is 0.350 e. The van der Waals surface area contributed by atoms with Crippen molar-refractivity contribution in [1.82, 2.24) is 0 Å². The summed E-state index contributed by atoms with van der Waals surface area (Å²) in [7, 11) is 0. The summed E-state index contributed by atoms with van der Waals surface area (Å²) in [6.45, 7) is 0. The zero-order chi connectivity index (χ0) is 16.1. The van der Waals surface area contributed by atoms with Gasteiger partial charge in [-0.25, -0.2) is 9.59 Å². The second kappa shape index (κ2) is 6.45. The van der Waals surface area contributed by atoms with Gasteiger partial charge in [-0.2, -0.15) is 0 Å². The molecule has 0 bridgehead atoms. The standard InChI is InChI=1S/C8H4O4.C8H6O2/c9-5-3-1-2-4-6(5)8(11)12-7(4)10;9-6-8(10)7-4-2-1-3-5-7/h1-3,9H;1-6H. The molecule has 6 nitrogen and oxygen atoms in total. The lowest BCUT2D eigenvalue weighted by molar-refractivity contribution is -0.104. The number of rotatable bonds is 2. The summed E-state index contributed by atoms with van der Waals surface area (Å²) in [6.07, 6.45) is 0.315. The highest BCUT2D eigenvalue weighted by Crippen LogP contribution is 2.27. The summed E-state index contributed by atoms with van der Waals surface area (Å²) in [4.78, 5) is 42.4. The molecule has 0 aliphatic carbocycles. The molecule has 1 aliphatic heterocycles. The fraction of sp³-hybridized carbons (Fsp3) is 0. The van der Waals surface area contributed by atoms with Crippen LogP contribution in [-0.4, -0.2) is 29.1 Å². The Balaban J connectivity index is 0.000000164. The van der Waals surface area contributed by atoms with Crippen LogP contribution in [0.15, 0.2) is 48.5 Å². The lowest BCUT2D eigenvalue weighted by atomic mass is 10.1. The van der Waals surface area contributed by atoms with Crippen molar-refractivity contribution in [2.24, 2.45) is 0 Å². The highest BCUT2D eigenvalue weighted by molar-refractivity contribution is 6.33. The number of carbonyl (C=O) groups excluding carboxylic acids is 4. The van der Waals surface area contributed by atoms with E-state index in [4.69, 9.17) is 5.11 Å². The van der Waals surface area contributed by atoms with Crippen LogP contribution < -0.4 is 0 Å². The highest BCUT2D eigenvalue weighted by Gasteiger charge is 2.31. The molecule has 0 saturated carbocycles. The molecule has 6 heteroatoms. The Morgan fingerprint density at radius 1 is 0.955 bits per heavy atom. The van der Waals surface area contributed by atoms with Gasteiger partial charge in [0.2, 0.25) is 5.78 Å². The van der Waals surface area contributed by atoms with Crippen molar-refractivity contribution < 1.29 is 29.0 Å². The van der Waals surface area contributed by atoms with E-state index in [9.17, 15) is 19.2 Å². The van der Waals surface area contributed by atoms with E-state index in [1.54, 1.807) is 30.3 Å². The zero-order valence-electron chi connectivity index (χ0n) is 11.2. The monoisotopic (exact) mass is 298 g/mol. The van der Waals surface area contributed by atoms with Gasteiger partial charge in [0.25, 0.3) is 0 Å². The molecule has 0 amide bonds. The highest BCUT2D eigenvalue weighted by atomic mass is 16.6. The summed E-state index contributed by atoms with van der Waals surface area (Å²) in [5.74, 6) is -2.18. The first kappa shape index (κ1) is 15.1. The number of ketones is 1. The predicted molar refractivity (Wildman–Crippen MR) is 74.7 cm³/mol. The van der Waals surface area contributed by atoms with E-state index in [0.29, 0.717) is 11.8 Å². The number of Topliss-reactive ketones (excluding diaryl/α,β-unsaturated/α-hetero) is 1. The molecule has 110 valence electrons. The van der Waals surface area contributed by atoms with E-state index in [-0.39, 0.29) is 16.9 Å². The molecule has 3 rings (SSSR count). The van der Waals surface area contributed by atoms with Crippen molar-refractivity contribution >= 4 is 24.0 Å². The topological polar surface area (TPSA) is 97.7 Å². The number of cyclic esters (lactones) is 2. The van der Waals surface area contributed by atoms with Gasteiger partial charge in [0, 0.05) is 5.56 Å². The van der Waals surface area contributed by atoms with E-state index in [1.807, 2.05) is 0 Å². The van der Waals surface area contributed by atoms with Crippen molar-refractivity contribution in [1.29, 1.82) is 0 Å². The molecule has 0 fully saturated rings. The fourth-order valence-corrected chi connectivity index (χ4v) is 1.79. The van der Waals surface area contributed by atoms with Crippen molar-refractivity contribution in [2.75, 3.05) is 0 Å². The minimum atomic E-state index is -0.784. The molecule has 1 N–H and O–H groups in total. The molecule has 22 heavy (non-hydrogen) atoms. The average molecular weight is 298 g/mol. The number of esters is 2. The van der Waals surface area contributed by atoms with Gasteiger partial charge in [-0.05, 0) is 12.1 Å². The van der Waals surface area contributed by atoms with Crippen LogP contribution in [0, 0.1) is 0 Å². The Morgan fingerprint density at radius 2 is 1.64 bits per heavy atom. The Hall–Kier alpha value is -3.28. The van der Waals surface area contributed by atoms with Crippen LogP contribution in [0.5, 0.6) is 5.75 Å². The van der Waals surface area contributed by atoms with E-state index in [2.05, 4.69) is 4.74 Å². The second-order valence-electron chi connectivity index (χ2n) is 4.22. The molecule has 0 radical (unpaired) electrons. The quantitative estimate of drug-likeness (QED) is 0.298. The molecule has 0 spiro atoms. The third kappa shape index (κ3) is 3.06. The zero-order valence-corrected chi connectivity index (χ0v) is 11.2. The molecule has 0 saturated heterocycles. The molecule has 0 aromatic heterocycles. The number of hydrogen-bond donors (Lipinski definition) is 1. The number of phenols is 1. The van der Waals surface area contributed by atoms with E-state index >= 15 is 0 Å². The van der Waals surface area contributed by atoms with Crippen LogP contribution in [0.2, 0.25) is 0 Å². The van der Waals surface area contributed by atoms with Crippen molar-refractivity contribution in [2.45, 2.75) is 0 Å². The molecule has 0 unspecified atom stereocenters. The van der Waals surface area contributed by atoms with Gasteiger partial charge in [0.1, 0.15) is 11.3 Å². The van der Waals surface area contributed by atoms with Crippen molar-refractivity contribution in [3.05, 3.63) is 65.2 Å². The SMILES string of the molecule is O=C1OC(=O)c2c(O)cccc21.O=CC(=O)c1ccccc1. The lowest BCUT2D eigenvalue weighted by Gasteiger charge is -1.93. The minimum Gasteiger partial charge on any atom is -0.507 e. The Bertz CT molecular complexity index is 748. The summed E-state index contributed by atoms with van der Waals surface area (Å²) in [5.41, 5.74) is 0.528. The summed E-state index contributed by atoms with van der Waals surface area (Å²) in [6, 6.07) is 12.7. The van der Waals surface area contributed by atoms with E-state index in [1.165, 1.54) is 18.2 Å². The predicted octanol–water partition coefficient (Wildman–Crippen LogP) is 1.77. The smallest absolute Gasteiger partial charge is 0.350 e. The first-order chi connectivity index (χ1) is 10.5. The number of aromatic hydroxyl groups is 1. The normalized spacial score (nSPS) is 11.8. The van der Waals surface area contributed by atoms with Gasteiger partial charge in [0.05, 0.1) is 5.56 Å². The number of fused-ring (bicyclic) bond motifs is 1. The van der Waals surface area contributed by atoms with Crippen LogP contribution >= 0.6 is 0 Å². The molecule has 2 aromatic carbocycles. The van der Waals surface area contributed by atoms with Gasteiger partial charge >= 0.3 is 11.9 Å². The first-order valence-electron chi connectivity index (χ1n) is 6.17. The van der Waals surface area contributed by atoms with Crippen LogP contribution in [-0.2, 0) is 9.53 Å². The number of carbonyl (C=O) groups is 4. The molecular formula is C16H10O6. The second-order valence-corrected chi connectivity index (χ2v) is 4.22. The molecular weight excluding hydrogens is 288 g/mol. The van der Waals surface area contributed by atoms with Gasteiger partial charge in [-0.1, -0.05) is 36.4 Å². The molecule has 1 aliphatic rings. The van der Waals surface area contributed by atoms with Gasteiger partial charge in [0.15, 0.2) is 6.29 Å². The van der Waals surface area contributed by atoms with E-state index < -0.39 is 17.7 Å². The Morgan fingerprint density at radius 3 is 2.23 bits per heavy atom. The Kier molecular flexibility index (Phi) is 4.43. The lowest BCUT2D eigenvalue weighted by Crippen LogP contribution is -1.97. The van der Waals surface area contributed by atoms with Gasteiger partial charge < -0.3 is 9.84 Å². The maximum atomic E-state index is 10.9. The summed E-state index contributed by atoms with van der Waals surface area (Å²) in [5, 5.41) is 9.17. The van der Waals surface area contributed by atoms with Crippen molar-refractivity contribution in [3.63, 3.8) is 0 Å². The third-order valence-electron chi connectivity index (χ3n) is 2.82. The number of aldehydes is 1. The number of ether oxygens (including phenoxy) is 1. The third-order valence-corrected chi connectivity index (χ3v) is 2.82. The van der Waals surface area contributed by atoms with Crippen LogP contribution in [0.25, 0.3) is 0 Å². The largest absolute Gasteiger partial charge is 0.507 e. The summed E-state index contributed by atoms with van der Waals surface area (Å²) >= 11 is 0. The number of benzene rings is 2. The van der Waals surface area contributed by atoms with Crippen LogP contribution in [0.3, 0.4) is 0 Å². The van der Waals surface area contributed by atoms with Gasteiger partial charge in [-0.3, -0.25) is 9.59 Å². The van der Waals surface area contributed by atoms with E-state index in [0.717, 1.165) is 0 Å². The molecule has 2 aromatic rings. The molecule has 1 heterocycles. The van der Waals surface area contributed by atoms with Crippen molar-refractivity contribution in [3.8, 4) is 5.75 Å². The number of phenolic OH excluding ortho intramolecular Hbond substituents is 1. The van der Waals surface area contributed by atoms with Crippen LogP contribution in [0.4, 0.5) is 0 Å². The summed E-state index contributed by atoms with van der Waals surface area (Å²) < 4.78 is 4.27. The Labute approximate surface area is 125 Å².